The molecule has 5 heteroatoms. The minimum atomic E-state index is -3.19. The van der Waals surface area contributed by atoms with Crippen LogP contribution in [0, 0.1) is 0 Å². The summed E-state index contributed by atoms with van der Waals surface area (Å²) in [5.74, 6) is -0.827. The van der Waals surface area contributed by atoms with Crippen molar-refractivity contribution < 1.29 is 18.4 Å². The molecule has 2 rings (SSSR count). The number of carbonyl (C=O) groups excluding carboxylic acids is 2. The van der Waals surface area contributed by atoms with Crippen LogP contribution in [0.25, 0.3) is 0 Å². The van der Waals surface area contributed by atoms with Crippen molar-refractivity contribution in [2.24, 2.45) is 0 Å². The highest BCUT2D eigenvalue weighted by atomic mass is 28.4. The quantitative estimate of drug-likeness (QED) is 0.438. The van der Waals surface area contributed by atoms with Gasteiger partial charge in [-0.25, -0.2) is 9.59 Å². The molecule has 0 amide bonds. The second-order valence-corrected chi connectivity index (χ2v) is 12.2. The largest absolute Gasteiger partial charge is 0.481 e. The van der Waals surface area contributed by atoms with Crippen LogP contribution in [0.1, 0.15) is 85.0 Å². The van der Waals surface area contributed by atoms with Gasteiger partial charge in [0.05, 0.1) is 0 Å². The summed E-state index contributed by atoms with van der Waals surface area (Å²) in [6.45, 7) is 13.0. The van der Waals surface area contributed by atoms with Crippen molar-refractivity contribution in [1.82, 2.24) is 0 Å². The SMILES string of the molecule is C=C(C)C(=O)O[Si](OC(=O)C(=C)C)(C1CCCCC1)C1(C)CCCCC1. The highest BCUT2D eigenvalue weighted by Crippen LogP contribution is 2.58. The number of hydrogen-bond acceptors (Lipinski definition) is 4. The minimum absolute atomic E-state index is 0.158. The molecule has 0 aliphatic heterocycles. The summed E-state index contributed by atoms with van der Waals surface area (Å²) in [7, 11) is -3.19. The molecule has 2 fully saturated rings. The Morgan fingerprint density at radius 3 is 1.69 bits per heavy atom. The van der Waals surface area contributed by atoms with Gasteiger partial charge in [-0.1, -0.05) is 58.6 Å². The molecule has 0 N–H and O–H groups in total. The Hall–Kier alpha value is -1.36. The van der Waals surface area contributed by atoms with Gasteiger partial charge in [0.2, 0.25) is 0 Å². The smallest absolute Gasteiger partial charge is 0.474 e. The second-order valence-electron chi connectivity index (χ2n) is 8.46. The predicted molar refractivity (Wildman–Crippen MR) is 106 cm³/mol. The molecule has 0 radical (unpaired) electrons. The molecule has 2 saturated carbocycles. The number of carbonyl (C=O) groups is 2. The van der Waals surface area contributed by atoms with Gasteiger partial charge in [0.25, 0.3) is 0 Å². The fraction of sp³-hybridized carbons (Fsp3) is 0.714. The van der Waals surface area contributed by atoms with Crippen LogP contribution < -0.4 is 0 Å². The average molecular weight is 379 g/mol. The standard InChI is InChI=1S/C21H34O4Si/c1-16(2)19(22)24-26(25-20(23)17(3)4,18-12-8-6-9-13-18)21(5)14-10-7-11-15-21/h18H,1,3,6-15H2,2,4-5H3. The summed E-state index contributed by atoms with van der Waals surface area (Å²) in [5, 5.41) is -0.247. The highest BCUT2D eigenvalue weighted by Gasteiger charge is 2.64. The van der Waals surface area contributed by atoms with Crippen molar-refractivity contribution in [3.63, 3.8) is 0 Å². The van der Waals surface area contributed by atoms with Crippen molar-refractivity contribution in [2.45, 2.75) is 95.6 Å². The van der Waals surface area contributed by atoms with Crippen LogP contribution >= 0.6 is 0 Å². The Bertz CT molecular complexity index is 541. The van der Waals surface area contributed by atoms with E-state index in [0.717, 1.165) is 51.4 Å². The van der Waals surface area contributed by atoms with E-state index in [0.29, 0.717) is 11.1 Å². The van der Waals surface area contributed by atoms with Gasteiger partial charge in [-0.3, -0.25) is 0 Å². The van der Waals surface area contributed by atoms with E-state index in [1.807, 2.05) is 0 Å². The van der Waals surface area contributed by atoms with E-state index >= 15 is 0 Å². The lowest BCUT2D eigenvalue weighted by molar-refractivity contribution is -0.138. The molecule has 0 aromatic heterocycles. The van der Waals surface area contributed by atoms with Crippen LogP contribution in [0.15, 0.2) is 24.3 Å². The summed E-state index contributed by atoms with van der Waals surface area (Å²) in [6, 6.07) is 0. The first-order valence-corrected chi connectivity index (χ1v) is 11.9. The third kappa shape index (κ3) is 4.30. The summed E-state index contributed by atoms with van der Waals surface area (Å²) in [6.07, 6.45) is 10.6. The molecule has 0 aromatic rings. The van der Waals surface area contributed by atoms with E-state index in [1.54, 1.807) is 13.8 Å². The van der Waals surface area contributed by atoms with E-state index in [9.17, 15) is 9.59 Å². The maximum Gasteiger partial charge on any atom is 0.474 e. The van der Waals surface area contributed by atoms with Gasteiger partial charge in [0.1, 0.15) is 0 Å². The molecular formula is C21H34O4Si. The first-order chi connectivity index (χ1) is 12.2. The molecule has 0 saturated heterocycles. The van der Waals surface area contributed by atoms with Crippen LogP contribution in [-0.4, -0.2) is 20.5 Å². The Kier molecular flexibility index (Phi) is 6.89. The highest BCUT2D eigenvalue weighted by molar-refractivity contribution is 6.75. The Labute approximate surface area is 159 Å². The van der Waals surface area contributed by atoms with Crippen molar-refractivity contribution in [2.75, 3.05) is 0 Å². The molecule has 0 atom stereocenters. The van der Waals surface area contributed by atoms with Gasteiger partial charge in [0.15, 0.2) is 0 Å². The maximum atomic E-state index is 12.6. The van der Waals surface area contributed by atoms with Gasteiger partial charge in [0, 0.05) is 21.7 Å². The Balaban J connectivity index is 2.51. The topological polar surface area (TPSA) is 52.6 Å². The lowest BCUT2D eigenvalue weighted by Gasteiger charge is -2.50. The van der Waals surface area contributed by atoms with Crippen LogP contribution in [0.3, 0.4) is 0 Å². The normalized spacial score (nSPS) is 20.9. The molecular weight excluding hydrogens is 344 g/mol. The van der Waals surface area contributed by atoms with Gasteiger partial charge in [-0.15, -0.1) is 0 Å². The van der Waals surface area contributed by atoms with Crippen LogP contribution in [0.2, 0.25) is 10.6 Å². The van der Waals surface area contributed by atoms with Gasteiger partial charge in [-0.05, 0) is 39.5 Å². The molecule has 0 spiro atoms. The first-order valence-electron chi connectivity index (χ1n) is 9.99. The molecule has 4 nitrogen and oxygen atoms in total. The maximum absolute atomic E-state index is 12.6. The lowest BCUT2D eigenvalue weighted by Crippen LogP contribution is -2.59. The summed E-state index contributed by atoms with van der Waals surface area (Å²) in [4.78, 5) is 25.3. The molecule has 0 bridgehead atoms. The zero-order valence-electron chi connectivity index (χ0n) is 16.7. The third-order valence-corrected chi connectivity index (χ3v) is 10.9. The number of hydrogen-bond donors (Lipinski definition) is 0. The van der Waals surface area contributed by atoms with E-state index < -0.39 is 20.5 Å². The average Bonchev–Trinajstić information content (AvgIpc) is 2.61. The number of rotatable bonds is 6. The van der Waals surface area contributed by atoms with Crippen molar-refractivity contribution in [3.8, 4) is 0 Å². The summed E-state index contributed by atoms with van der Waals surface area (Å²) >= 11 is 0. The van der Waals surface area contributed by atoms with Crippen LogP contribution in [0.4, 0.5) is 0 Å². The molecule has 2 aliphatic rings. The van der Waals surface area contributed by atoms with Crippen LogP contribution in [-0.2, 0) is 18.4 Å². The van der Waals surface area contributed by atoms with Crippen molar-refractivity contribution in [3.05, 3.63) is 24.3 Å². The van der Waals surface area contributed by atoms with E-state index in [1.165, 1.54) is 12.8 Å². The predicted octanol–water partition coefficient (Wildman–Crippen LogP) is 5.73. The monoisotopic (exact) mass is 378 g/mol. The van der Waals surface area contributed by atoms with Gasteiger partial charge < -0.3 is 8.85 Å². The van der Waals surface area contributed by atoms with E-state index in [2.05, 4.69) is 20.1 Å². The summed E-state index contributed by atoms with van der Waals surface area (Å²) in [5.41, 5.74) is 0.887. The lowest BCUT2D eigenvalue weighted by atomic mass is 9.90. The molecule has 0 unspecified atom stereocenters. The molecule has 146 valence electrons. The van der Waals surface area contributed by atoms with Crippen LogP contribution in [0.5, 0.6) is 0 Å². The Morgan fingerprint density at radius 2 is 1.27 bits per heavy atom. The minimum Gasteiger partial charge on any atom is -0.481 e. The first kappa shape index (κ1) is 20.9. The molecule has 0 aromatic carbocycles. The second kappa shape index (κ2) is 8.55. The van der Waals surface area contributed by atoms with Gasteiger partial charge in [-0.2, -0.15) is 0 Å². The van der Waals surface area contributed by atoms with E-state index in [4.69, 9.17) is 8.85 Å². The fourth-order valence-corrected chi connectivity index (χ4v) is 9.51. The molecule has 0 heterocycles. The zero-order valence-corrected chi connectivity index (χ0v) is 17.7. The molecule has 26 heavy (non-hydrogen) atoms. The van der Waals surface area contributed by atoms with Gasteiger partial charge >= 0.3 is 20.5 Å². The van der Waals surface area contributed by atoms with Crippen molar-refractivity contribution in [1.29, 1.82) is 0 Å². The van der Waals surface area contributed by atoms with E-state index in [-0.39, 0.29) is 10.6 Å². The molecule has 2 aliphatic carbocycles. The fourth-order valence-electron chi connectivity index (χ4n) is 4.54. The third-order valence-electron chi connectivity index (χ3n) is 6.13. The Morgan fingerprint density at radius 1 is 0.846 bits per heavy atom. The zero-order chi connectivity index (χ0) is 19.4. The summed E-state index contributed by atoms with van der Waals surface area (Å²) < 4.78 is 12.4. The van der Waals surface area contributed by atoms with Crippen molar-refractivity contribution >= 4 is 20.5 Å².